The molecule has 1 amide bonds. The van der Waals surface area contributed by atoms with E-state index in [1.54, 1.807) is 36.4 Å². The van der Waals surface area contributed by atoms with Crippen molar-refractivity contribution < 1.29 is 18.7 Å². The van der Waals surface area contributed by atoms with Gasteiger partial charge in [0.1, 0.15) is 11.6 Å². The van der Waals surface area contributed by atoms with Crippen LogP contribution < -0.4 is 0 Å². The molecule has 2 N–H and O–H groups in total. The summed E-state index contributed by atoms with van der Waals surface area (Å²) in [5, 5.41) is 11.2. The second-order valence-electron chi connectivity index (χ2n) is 10.0. The molecule has 0 spiro atoms. The average molecular weight is 494 g/mol. The summed E-state index contributed by atoms with van der Waals surface area (Å²) in [6.07, 6.45) is 8.98. The fourth-order valence-electron chi connectivity index (χ4n) is 5.91. The van der Waals surface area contributed by atoms with E-state index in [-0.39, 0.29) is 30.2 Å². The number of hydrogen-bond acceptors (Lipinski definition) is 3. The Bertz CT molecular complexity index is 1210. The van der Waals surface area contributed by atoms with Gasteiger partial charge in [-0.2, -0.15) is 0 Å². The van der Waals surface area contributed by atoms with Crippen LogP contribution in [0.4, 0.5) is 8.78 Å². The Balaban J connectivity index is 1.14. The Morgan fingerprint density at radius 1 is 1.00 bits per heavy atom. The quantitative estimate of drug-likeness (QED) is 0.479. The summed E-state index contributed by atoms with van der Waals surface area (Å²) in [5.74, 6) is 0.185. The number of likely N-dealkylation sites (tertiary alicyclic amines) is 2. The maximum absolute atomic E-state index is 13.8. The molecule has 0 aliphatic carbocycles. The van der Waals surface area contributed by atoms with Crippen LogP contribution in [0.1, 0.15) is 42.7 Å². The molecule has 190 valence electrons. The van der Waals surface area contributed by atoms with Gasteiger partial charge in [-0.1, -0.05) is 12.1 Å². The molecule has 1 unspecified atom stereocenters. The Morgan fingerprint density at radius 3 is 2.39 bits per heavy atom. The van der Waals surface area contributed by atoms with E-state index in [1.165, 1.54) is 23.8 Å². The van der Waals surface area contributed by atoms with Crippen molar-refractivity contribution in [2.45, 2.75) is 37.6 Å². The summed E-state index contributed by atoms with van der Waals surface area (Å²) in [7, 11) is 0. The highest BCUT2D eigenvalue weighted by atomic mass is 19.1. The molecule has 2 aliphatic rings. The van der Waals surface area contributed by atoms with Crippen LogP contribution in [0.5, 0.6) is 0 Å². The van der Waals surface area contributed by atoms with Crippen molar-refractivity contribution in [1.29, 1.82) is 0 Å². The number of nitrogens with zero attached hydrogens (tertiary/aromatic N) is 2. The second kappa shape index (κ2) is 10.9. The van der Waals surface area contributed by atoms with Crippen molar-refractivity contribution in [3.63, 3.8) is 0 Å². The molecule has 0 radical (unpaired) electrons. The van der Waals surface area contributed by atoms with Gasteiger partial charge >= 0.3 is 0 Å². The first-order valence-corrected chi connectivity index (χ1v) is 12.9. The number of aromatic amines is 1. The highest BCUT2D eigenvalue weighted by molar-refractivity contribution is 5.91. The Hall–Kier alpha value is -3.03. The molecular formula is C29H33F2N3O2. The largest absolute Gasteiger partial charge is 0.395 e. The molecule has 1 aromatic heterocycles. The first kappa shape index (κ1) is 24.7. The third-order valence-corrected chi connectivity index (χ3v) is 7.99. The van der Waals surface area contributed by atoms with E-state index in [0.717, 1.165) is 55.2 Å². The van der Waals surface area contributed by atoms with Gasteiger partial charge in [0.05, 0.1) is 6.61 Å². The van der Waals surface area contributed by atoms with E-state index >= 15 is 0 Å². The number of rotatable bonds is 6. The minimum atomic E-state index is -0.295. The maximum atomic E-state index is 13.8. The average Bonchev–Trinajstić information content (AvgIpc) is 3.32. The SMILES string of the molecule is O=C(/C=C/c1ccc(F)cc1)N1CCC(C(CO)N2CCC(c3c[nH]c4ccc(F)cc34)CC2)CC1. The number of amides is 1. The van der Waals surface area contributed by atoms with Gasteiger partial charge < -0.3 is 15.0 Å². The van der Waals surface area contributed by atoms with Crippen molar-refractivity contribution in [2.24, 2.45) is 5.92 Å². The number of benzene rings is 2. The minimum Gasteiger partial charge on any atom is -0.395 e. The third kappa shape index (κ3) is 5.37. The van der Waals surface area contributed by atoms with Crippen molar-refractivity contribution in [3.05, 3.63) is 77.5 Å². The fourth-order valence-corrected chi connectivity index (χ4v) is 5.91. The summed E-state index contributed by atoms with van der Waals surface area (Å²) >= 11 is 0. The predicted octanol–water partition coefficient (Wildman–Crippen LogP) is 4.94. The van der Waals surface area contributed by atoms with E-state index in [1.807, 2.05) is 11.1 Å². The van der Waals surface area contributed by atoms with Gasteiger partial charge in [0.2, 0.25) is 5.91 Å². The van der Waals surface area contributed by atoms with Crippen LogP contribution in [0.3, 0.4) is 0 Å². The van der Waals surface area contributed by atoms with Gasteiger partial charge in [0, 0.05) is 42.3 Å². The van der Waals surface area contributed by atoms with Crippen LogP contribution >= 0.6 is 0 Å². The van der Waals surface area contributed by atoms with E-state index in [2.05, 4.69) is 9.88 Å². The smallest absolute Gasteiger partial charge is 0.246 e. The Labute approximate surface area is 210 Å². The normalized spacial score (nSPS) is 19.4. The first-order chi connectivity index (χ1) is 17.5. The number of piperidine rings is 2. The van der Waals surface area contributed by atoms with Gasteiger partial charge in [0.15, 0.2) is 0 Å². The minimum absolute atomic E-state index is 0.0331. The molecule has 36 heavy (non-hydrogen) atoms. The molecule has 5 nitrogen and oxygen atoms in total. The Kier molecular flexibility index (Phi) is 7.48. The topological polar surface area (TPSA) is 59.6 Å². The van der Waals surface area contributed by atoms with Gasteiger partial charge in [-0.05, 0) is 98.1 Å². The van der Waals surface area contributed by atoms with Crippen LogP contribution in [0.25, 0.3) is 17.0 Å². The van der Waals surface area contributed by atoms with Gasteiger partial charge in [-0.15, -0.1) is 0 Å². The van der Waals surface area contributed by atoms with E-state index in [4.69, 9.17) is 0 Å². The maximum Gasteiger partial charge on any atom is 0.246 e. The number of H-pyrrole nitrogens is 1. The molecule has 5 rings (SSSR count). The van der Waals surface area contributed by atoms with Crippen LogP contribution in [0.15, 0.2) is 54.7 Å². The summed E-state index contributed by atoms with van der Waals surface area (Å²) in [4.78, 5) is 20.2. The van der Waals surface area contributed by atoms with E-state index in [9.17, 15) is 18.7 Å². The number of aliphatic hydroxyl groups excluding tert-OH is 1. The molecule has 7 heteroatoms. The zero-order chi connectivity index (χ0) is 25.1. The lowest BCUT2D eigenvalue weighted by Crippen LogP contribution is -2.50. The number of halogens is 2. The Morgan fingerprint density at radius 2 is 1.69 bits per heavy atom. The zero-order valence-corrected chi connectivity index (χ0v) is 20.4. The number of fused-ring (bicyclic) bond motifs is 1. The molecule has 2 aromatic carbocycles. The molecule has 2 saturated heterocycles. The lowest BCUT2D eigenvalue weighted by Gasteiger charge is -2.43. The van der Waals surface area contributed by atoms with Gasteiger partial charge in [-0.25, -0.2) is 8.78 Å². The number of nitrogens with one attached hydrogen (secondary N) is 1. The summed E-state index contributed by atoms with van der Waals surface area (Å²) in [6.45, 7) is 3.26. The van der Waals surface area contributed by atoms with Gasteiger partial charge in [0.25, 0.3) is 0 Å². The molecule has 0 saturated carbocycles. The molecular weight excluding hydrogens is 460 g/mol. The third-order valence-electron chi connectivity index (χ3n) is 7.99. The highest BCUT2D eigenvalue weighted by Gasteiger charge is 2.33. The highest BCUT2D eigenvalue weighted by Crippen LogP contribution is 2.35. The van der Waals surface area contributed by atoms with Crippen molar-refractivity contribution in [2.75, 3.05) is 32.8 Å². The number of carbonyl (C=O) groups is 1. The molecule has 2 fully saturated rings. The molecule has 1 atom stereocenters. The van der Waals surface area contributed by atoms with E-state index < -0.39 is 0 Å². The fraction of sp³-hybridized carbons (Fsp3) is 0.414. The van der Waals surface area contributed by atoms with Crippen LogP contribution in [0, 0.1) is 17.6 Å². The monoisotopic (exact) mass is 493 g/mol. The van der Waals surface area contributed by atoms with Crippen molar-refractivity contribution in [3.8, 4) is 0 Å². The molecule has 3 heterocycles. The first-order valence-electron chi connectivity index (χ1n) is 12.9. The number of aliphatic hydroxyl groups is 1. The standard InChI is InChI=1S/C29H33F2N3O2/c30-23-4-1-20(2-5-23)3-8-29(36)34-15-11-22(12-16-34)28(19-35)33-13-9-21(10-14-33)26-18-32-27-7-6-24(31)17-25(26)27/h1-8,17-18,21-22,28,32,35H,9-16,19H2/b8-3+. The lowest BCUT2D eigenvalue weighted by molar-refractivity contribution is -0.127. The van der Waals surface area contributed by atoms with Crippen molar-refractivity contribution in [1.82, 2.24) is 14.8 Å². The number of hydrogen-bond donors (Lipinski definition) is 2. The summed E-state index contributed by atoms with van der Waals surface area (Å²) < 4.78 is 26.9. The van der Waals surface area contributed by atoms with Crippen LogP contribution in [-0.2, 0) is 4.79 Å². The predicted molar refractivity (Wildman–Crippen MR) is 137 cm³/mol. The second-order valence-corrected chi connectivity index (χ2v) is 10.0. The zero-order valence-electron chi connectivity index (χ0n) is 20.4. The van der Waals surface area contributed by atoms with Gasteiger partial charge in [-0.3, -0.25) is 9.69 Å². The van der Waals surface area contributed by atoms with Crippen molar-refractivity contribution >= 4 is 22.9 Å². The van der Waals surface area contributed by atoms with Crippen LogP contribution in [0.2, 0.25) is 0 Å². The molecule has 0 bridgehead atoms. The molecule has 3 aromatic rings. The summed E-state index contributed by atoms with van der Waals surface area (Å²) in [5.41, 5.74) is 2.95. The number of carbonyl (C=O) groups excluding carboxylic acids is 1. The lowest BCUT2D eigenvalue weighted by atomic mass is 9.84. The molecule has 2 aliphatic heterocycles. The van der Waals surface area contributed by atoms with E-state index in [0.29, 0.717) is 24.9 Å². The number of aromatic nitrogens is 1. The van der Waals surface area contributed by atoms with Crippen LogP contribution in [-0.4, -0.2) is 64.6 Å². The summed E-state index contributed by atoms with van der Waals surface area (Å²) in [6, 6.07) is 11.1.